The number of aliphatic imine (C=N–C) groups is 2. The second kappa shape index (κ2) is 14.2. The van der Waals surface area contributed by atoms with Gasteiger partial charge in [-0.15, -0.1) is 11.3 Å². The predicted octanol–water partition coefficient (Wildman–Crippen LogP) is 10.7. The van der Waals surface area contributed by atoms with E-state index in [4.69, 9.17) is 30.2 Å². The number of para-hydroxylation sites is 2. The third kappa shape index (κ3) is 7.32. The number of thiophene rings is 1. The molecule has 0 atom stereocenters. The summed E-state index contributed by atoms with van der Waals surface area (Å²) in [5.74, 6) is 0. The zero-order valence-corrected chi connectivity index (χ0v) is 24.4. The minimum atomic E-state index is 0.194. The van der Waals surface area contributed by atoms with E-state index in [1.165, 1.54) is 11.1 Å². The maximum atomic E-state index is 5.00. The Hall–Kier alpha value is -2.98. The first-order valence-electron chi connectivity index (χ1n) is 12.0. The summed E-state index contributed by atoms with van der Waals surface area (Å²) in [5, 5.41) is 0. The van der Waals surface area contributed by atoms with Crippen LogP contribution in [0.5, 0.6) is 0 Å². The van der Waals surface area contributed by atoms with Gasteiger partial charge >= 0.3 is 33.3 Å². The Bertz CT molecular complexity index is 1420. The van der Waals surface area contributed by atoms with Crippen molar-refractivity contribution < 1.29 is 13.1 Å². The summed E-state index contributed by atoms with van der Waals surface area (Å²) in [6.07, 6.45) is 0. The van der Waals surface area contributed by atoms with Gasteiger partial charge in [0.15, 0.2) is 0 Å². The van der Waals surface area contributed by atoms with Crippen LogP contribution in [0.1, 0.15) is 23.6 Å². The van der Waals surface area contributed by atoms with Crippen molar-refractivity contribution >= 4 is 54.3 Å². The molecular formula is C32H26Cl2FeN2S. The fraction of sp³-hybridized carbons (Fsp3) is 0.0625. The Labute approximate surface area is 243 Å². The fourth-order valence-corrected chi connectivity index (χ4v) is 4.96. The van der Waals surface area contributed by atoms with Gasteiger partial charge in [-0.1, -0.05) is 97.1 Å². The molecule has 0 aliphatic heterocycles. The van der Waals surface area contributed by atoms with Gasteiger partial charge in [0.2, 0.25) is 0 Å². The topological polar surface area (TPSA) is 24.7 Å². The first-order chi connectivity index (χ1) is 18.6. The molecule has 6 heteroatoms. The molecule has 0 aliphatic rings. The summed E-state index contributed by atoms with van der Waals surface area (Å²) < 4.78 is 0. The van der Waals surface area contributed by atoms with Gasteiger partial charge in [-0.3, -0.25) is 9.98 Å². The van der Waals surface area contributed by atoms with Crippen molar-refractivity contribution in [1.29, 1.82) is 0 Å². The summed E-state index contributed by atoms with van der Waals surface area (Å²) in [4.78, 5) is 12.3. The normalized spacial score (nSPS) is 11.7. The molecule has 0 N–H and O–H groups in total. The molecule has 0 saturated heterocycles. The van der Waals surface area contributed by atoms with E-state index < -0.39 is 0 Å². The first kappa shape index (κ1) is 28.0. The number of hydrogen-bond donors (Lipinski definition) is 0. The summed E-state index contributed by atoms with van der Waals surface area (Å²) in [6, 6.07) is 41.7. The third-order valence-electron chi connectivity index (χ3n) is 5.87. The van der Waals surface area contributed by atoms with Crippen molar-refractivity contribution in [3.05, 3.63) is 131 Å². The zero-order valence-electron chi connectivity index (χ0n) is 21.0. The molecule has 192 valence electrons. The van der Waals surface area contributed by atoms with Crippen LogP contribution < -0.4 is 0 Å². The van der Waals surface area contributed by atoms with E-state index in [-0.39, 0.29) is 13.1 Å². The van der Waals surface area contributed by atoms with Gasteiger partial charge in [0.05, 0.1) is 22.8 Å². The van der Waals surface area contributed by atoms with E-state index in [1.807, 2.05) is 24.3 Å². The molecule has 5 rings (SSSR count). The van der Waals surface area contributed by atoms with Crippen molar-refractivity contribution in [1.82, 2.24) is 0 Å². The summed E-state index contributed by atoms with van der Waals surface area (Å²) in [5.41, 5.74) is 8.59. The van der Waals surface area contributed by atoms with Crippen LogP contribution in [0.25, 0.3) is 22.3 Å². The van der Waals surface area contributed by atoms with E-state index in [0.29, 0.717) is 0 Å². The van der Waals surface area contributed by atoms with Crippen molar-refractivity contribution in [2.45, 2.75) is 13.8 Å². The van der Waals surface area contributed by atoms with Gasteiger partial charge in [-0.05, 0) is 49.2 Å². The van der Waals surface area contributed by atoms with E-state index in [1.54, 1.807) is 11.3 Å². The molecule has 1 aromatic heterocycles. The van der Waals surface area contributed by atoms with E-state index in [9.17, 15) is 0 Å². The summed E-state index contributed by atoms with van der Waals surface area (Å²) >= 11 is 1.92. The first-order valence-corrected chi connectivity index (χ1v) is 15.8. The SMILES string of the molecule is CC(=Nc1ccccc1-c1ccccc1)c1ccc(C(C)=Nc2ccccc2-c2ccccc2)s1.[Cl][Fe][Cl]. The summed E-state index contributed by atoms with van der Waals surface area (Å²) in [7, 11) is 9.53. The van der Waals surface area contributed by atoms with Crippen molar-refractivity contribution in [3.8, 4) is 22.3 Å². The predicted molar refractivity (Wildman–Crippen MR) is 164 cm³/mol. The molecule has 0 spiro atoms. The standard InChI is InChI=1S/C32H26N2S.2ClH.Fe/c1-23(33-29-19-11-9-17-27(29)25-13-5-3-6-14-25)31-21-22-32(35-31)24(2)34-30-20-12-10-18-28(30)26-15-7-4-8-16-26;;;/h3-22H,1-2H3;2*1H;/q;;;+2/p-2. The van der Waals surface area contributed by atoms with Gasteiger partial charge < -0.3 is 0 Å². The van der Waals surface area contributed by atoms with Crippen LogP contribution >= 0.6 is 31.5 Å². The number of halogens is 2. The second-order valence-electron chi connectivity index (χ2n) is 8.38. The molecule has 0 bridgehead atoms. The van der Waals surface area contributed by atoms with Crippen LogP contribution in [-0.2, 0) is 13.1 Å². The minimum absolute atomic E-state index is 0.194. The maximum absolute atomic E-state index is 5.00. The molecule has 0 radical (unpaired) electrons. The quantitative estimate of drug-likeness (QED) is 0.137. The van der Waals surface area contributed by atoms with E-state index in [0.717, 1.165) is 43.7 Å². The molecule has 0 fully saturated rings. The van der Waals surface area contributed by atoms with Gasteiger partial charge in [-0.25, -0.2) is 0 Å². The second-order valence-corrected chi connectivity index (χ2v) is 11.3. The Morgan fingerprint density at radius 2 is 0.868 bits per heavy atom. The Morgan fingerprint density at radius 1 is 0.526 bits per heavy atom. The van der Waals surface area contributed by atoms with Crippen LogP contribution in [0.2, 0.25) is 0 Å². The molecule has 4 aromatic carbocycles. The Balaban J connectivity index is 0.00000107. The van der Waals surface area contributed by atoms with Crippen LogP contribution in [-0.4, -0.2) is 11.4 Å². The van der Waals surface area contributed by atoms with Crippen LogP contribution in [0.3, 0.4) is 0 Å². The average Bonchev–Trinajstić information content (AvgIpc) is 3.46. The van der Waals surface area contributed by atoms with Gasteiger partial charge in [0.1, 0.15) is 0 Å². The fourth-order valence-electron chi connectivity index (χ4n) is 4.06. The van der Waals surface area contributed by atoms with Crippen molar-refractivity contribution in [2.75, 3.05) is 0 Å². The monoisotopic (exact) mass is 596 g/mol. The number of rotatable bonds is 6. The van der Waals surface area contributed by atoms with Gasteiger partial charge in [0.25, 0.3) is 0 Å². The number of benzene rings is 4. The molecule has 38 heavy (non-hydrogen) atoms. The Morgan fingerprint density at radius 3 is 1.26 bits per heavy atom. The third-order valence-corrected chi connectivity index (χ3v) is 7.18. The molecule has 5 aromatic rings. The molecular weight excluding hydrogens is 571 g/mol. The molecule has 0 aliphatic carbocycles. The molecule has 0 unspecified atom stereocenters. The van der Waals surface area contributed by atoms with Crippen LogP contribution in [0.4, 0.5) is 11.4 Å². The van der Waals surface area contributed by atoms with Crippen LogP contribution in [0, 0.1) is 0 Å². The molecule has 0 amide bonds. The number of hydrogen-bond acceptors (Lipinski definition) is 3. The average molecular weight is 597 g/mol. The van der Waals surface area contributed by atoms with Gasteiger partial charge in [-0.2, -0.15) is 0 Å². The Kier molecular flexibility index (Phi) is 10.5. The molecule has 2 nitrogen and oxygen atoms in total. The molecule has 1 heterocycles. The van der Waals surface area contributed by atoms with Gasteiger partial charge in [0, 0.05) is 20.9 Å². The van der Waals surface area contributed by atoms with E-state index >= 15 is 0 Å². The zero-order chi connectivity index (χ0) is 26.7. The van der Waals surface area contributed by atoms with Crippen LogP contribution in [0.15, 0.2) is 131 Å². The van der Waals surface area contributed by atoms with Crippen molar-refractivity contribution in [2.24, 2.45) is 9.98 Å². The van der Waals surface area contributed by atoms with Crippen molar-refractivity contribution in [3.63, 3.8) is 0 Å². The summed E-state index contributed by atoms with van der Waals surface area (Å²) in [6.45, 7) is 4.16. The van der Waals surface area contributed by atoms with E-state index in [2.05, 4.69) is 111 Å². The number of nitrogens with zero attached hydrogens (tertiary/aromatic N) is 2. The molecule has 0 saturated carbocycles.